The molecule has 3 N–H and O–H groups in total. The quantitative estimate of drug-likeness (QED) is 0.457. The van der Waals surface area contributed by atoms with Crippen LogP contribution in [0.1, 0.15) is 18.5 Å². The minimum atomic E-state index is -0.315. The number of rotatable bonds is 4. The number of halogens is 2. The van der Waals surface area contributed by atoms with E-state index in [9.17, 15) is 4.39 Å². The molecule has 0 saturated carbocycles. The lowest BCUT2D eigenvalue weighted by Gasteiger charge is -2.19. The van der Waals surface area contributed by atoms with Gasteiger partial charge in [-0.25, -0.2) is 9.37 Å². The van der Waals surface area contributed by atoms with E-state index in [1.807, 2.05) is 43.3 Å². The summed E-state index contributed by atoms with van der Waals surface area (Å²) in [6.07, 6.45) is 3.28. The SMILES string of the molecule is C[C@@H](Nc1c(Cl)cnc2ccccc12)c1cc(-c2ccc(N)nc2)ccc1F. The number of aromatic nitrogens is 2. The van der Waals surface area contributed by atoms with Gasteiger partial charge in [-0.2, -0.15) is 0 Å². The molecule has 2 aromatic carbocycles. The first kappa shape index (κ1) is 18.2. The van der Waals surface area contributed by atoms with Crippen LogP contribution in [0.25, 0.3) is 22.0 Å². The monoisotopic (exact) mass is 392 g/mol. The average Bonchev–Trinajstić information content (AvgIpc) is 2.71. The number of nitrogens with two attached hydrogens (primary N) is 1. The number of pyridine rings is 2. The summed E-state index contributed by atoms with van der Waals surface area (Å²) >= 11 is 6.38. The van der Waals surface area contributed by atoms with Gasteiger partial charge in [0.2, 0.25) is 0 Å². The fourth-order valence-electron chi connectivity index (χ4n) is 3.19. The summed E-state index contributed by atoms with van der Waals surface area (Å²) in [5, 5.41) is 4.73. The number of nitrogens with zero attached hydrogens (tertiary/aromatic N) is 2. The molecule has 0 aliphatic carbocycles. The van der Waals surface area contributed by atoms with Gasteiger partial charge in [0.05, 0.1) is 22.3 Å². The summed E-state index contributed by atoms with van der Waals surface area (Å²) in [4.78, 5) is 8.45. The number of fused-ring (bicyclic) bond motifs is 1. The maximum atomic E-state index is 14.6. The highest BCUT2D eigenvalue weighted by Crippen LogP contribution is 2.34. The Morgan fingerprint density at radius 2 is 1.79 bits per heavy atom. The summed E-state index contributed by atoms with van der Waals surface area (Å²) < 4.78 is 14.6. The number of hydrogen-bond donors (Lipinski definition) is 2. The summed E-state index contributed by atoms with van der Waals surface area (Å²) in [5.74, 6) is 0.155. The lowest BCUT2D eigenvalue weighted by molar-refractivity contribution is 0.600. The molecule has 4 rings (SSSR count). The molecule has 0 aliphatic rings. The molecular weight excluding hydrogens is 375 g/mol. The van der Waals surface area contributed by atoms with Crippen LogP contribution in [0.4, 0.5) is 15.9 Å². The average molecular weight is 393 g/mol. The van der Waals surface area contributed by atoms with Crippen molar-refractivity contribution in [1.82, 2.24) is 9.97 Å². The fraction of sp³-hybridized carbons (Fsp3) is 0.0909. The Balaban J connectivity index is 1.71. The smallest absolute Gasteiger partial charge is 0.128 e. The first-order valence-corrected chi connectivity index (χ1v) is 9.22. The second kappa shape index (κ2) is 7.44. The summed E-state index contributed by atoms with van der Waals surface area (Å²) in [7, 11) is 0. The van der Waals surface area contributed by atoms with Gasteiger partial charge in [0.15, 0.2) is 0 Å². The Kier molecular flexibility index (Phi) is 4.84. The van der Waals surface area contributed by atoms with Gasteiger partial charge in [0, 0.05) is 28.9 Å². The Bertz CT molecular complexity index is 1150. The van der Waals surface area contributed by atoms with Gasteiger partial charge in [-0.3, -0.25) is 4.98 Å². The lowest BCUT2D eigenvalue weighted by Crippen LogP contribution is -2.10. The highest BCUT2D eigenvalue weighted by atomic mass is 35.5. The van der Waals surface area contributed by atoms with E-state index in [1.54, 1.807) is 24.5 Å². The van der Waals surface area contributed by atoms with Crippen LogP contribution in [-0.4, -0.2) is 9.97 Å². The Morgan fingerprint density at radius 3 is 2.57 bits per heavy atom. The lowest BCUT2D eigenvalue weighted by atomic mass is 10.00. The number of para-hydroxylation sites is 1. The molecule has 0 fully saturated rings. The van der Waals surface area contributed by atoms with E-state index >= 15 is 0 Å². The molecule has 2 aromatic heterocycles. The zero-order chi connectivity index (χ0) is 19.7. The van der Waals surface area contributed by atoms with Crippen LogP contribution in [-0.2, 0) is 0 Å². The van der Waals surface area contributed by atoms with Gasteiger partial charge in [-0.15, -0.1) is 0 Å². The largest absolute Gasteiger partial charge is 0.384 e. The summed E-state index contributed by atoms with van der Waals surface area (Å²) in [5.41, 5.74) is 9.48. The van der Waals surface area contributed by atoms with E-state index < -0.39 is 0 Å². The van der Waals surface area contributed by atoms with Gasteiger partial charge in [0.25, 0.3) is 0 Å². The molecule has 0 radical (unpaired) electrons. The Hall–Kier alpha value is -3.18. The van der Waals surface area contributed by atoms with Gasteiger partial charge in [-0.05, 0) is 42.8 Å². The normalized spacial score (nSPS) is 12.1. The van der Waals surface area contributed by atoms with E-state index in [2.05, 4.69) is 15.3 Å². The molecule has 4 aromatic rings. The van der Waals surface area contributed by atoms with Crippen LogP contribution in [0.5, 0.6) is 0 Å². The summed E-state index contributed by atoms with van der Waals surface area (Å²) in [6.45, 7) is 1.90. The number of hydrogen-bond acceptors (Lipinski definition) is 4. The van der Waals surface area contributed by atoms with Gasteiger partial charge in [-0.1, -0.05) is 35.9 Å². The molecule has 6 heteroatoms. The van der Waals surface area contributed by atoms with Gasteiger partial charge >= 0.3 is 0 Å². The van der Waals surface area contributed by atoms with E-state index in [0.717, 1.165) is 27.7 Å². The molecule has 0 saturated heterocycles. The molecule has 2 heterocycles. The minimum absolute atomic E-state index is 0.290. The first-order valence-electron chi connectivity index (χ1n) is 8.84. The van der Waals surface area contributed by atoms with Gasteiger partial charge < -0.3 is 11.1 Å². The number of benzene rings is 2. The Labute approximate surface area is 167 Å². The topological polar surface area (TPSA) is 63.8 Å². The zero-order valence-corrected chi connectivity index (χ0v) is 15.9. The Morgan fingerprint density at radius 1 is 1.00 bits per heavy atom. The first-order chi connectivity index (χ1) is 13.5. The molecule has 1 atom stereocenters. The highest BCUT2D eigenvalue weighted by molar-refractivity contribution is 6.34. The molecule has 0 spiro atoms. The van der Waals surface area contributed by atoms with Crippen molar-refractivity contribution in [3.8, 4) is 11.1 Å². The number of anilines is 2. The third-order valence-electron chi connectivity index (χ3n) is 4.67. The van der Waals surface area contributed by atoms with Crippen LogP contribution < -0.4 is 11.1 Å². The third-order valence-corrected chi connectivity index (χ3v) is 4.96. The molecule has 0 unspecified atom stereocenters. The van der Waals surface area contributed by atoms with E-state index in [4.69, 9.17) is 17.3 Å². The molecular formula is C22H18ClFN4. The van der Waals surface area contributed by atoms with Crippen molar-refractivity contribution in [2.75, 3.05) is 11.1 Å². The molecule has 0 bridgehead atoms. The fourth-order valence-corrected chi connectivity index (χ4v) is 3.39. The van der Waals surface area contributed by atoms with Crippen LogP contribution in [0.3, 0.4) is 0 Å². The van der Waals surface area contributed by atoms with Crippen LogP contribution in [0, 0.1) is 5.82 Å². The van der Waals surface area contributed by atoms with Crippen molar-refractivity contribution in [2.45, 2.75) is 13.0 Å². The van der Waals surface area contributed by atoms with Gasteiger partial charge in [0.1, 0.15) is 11.6 Å². The second-order valence-corrected chi connectivity index (χ2v) is 6.98. The highest BCUT2D eigenvalue weighted by Gasteiger charge is 2.16. The third kappa shape index (κ3) is 3.49. The van der Waals surface area contributed by atoms with Crippen molar-refractivity contribution in [1.29, 1.82) is 0 Å². The van der Waals surface area contributed by atoms with E-state index in [1.165, 1.54) is 6.07 Å². The second-order valence-electron chi connectivity index (χ2n) is 6.57. The van der Waals surface area contributed by atoms with E-state index in [-0.39, 0.29) is 11.9 Å². The van der Waals surface area contributed by atoms with E-state index in [0.29, 0.717) is 16.4 Å². The number of nitrogens with one attached hydrogen (secondary N) is 1. The standard InChI is InChI=1S/C22H18ClFN4/c1-13(28-22-16-4-2-3-5-20(16)26-12-18(22)23)17-10-14(6-8-19(17)24)15-7-9-21(25)27-11-15/h2-13H,1H3,(H2,25,27)(H,26,28)/t13-/m1/s1. The molecule has 0 aliphatic heterocycles. The predicted molar refractivity (Wildman–Crippen MR) is 113 cm³/mol. The van der Waals surface area contributed by atoms with Crippen molar-refractivity contribution in [2.24, 2.45) is 0 Å². The summed E-state index contributed by atoms with van der Waals surface area (Å²) in [6, 6.07) is 16.0. The van der Waals surface area contributed by atoms with Crippen LogP contribution >= 0.6 is 11.6 Å². The van der Waals surface area contributed by atoms with Crippen LogP contribution in [0.15, 0.2) is 67.0 Å². The molecule has 0 amide bonds. The van der Waals surface area contributed by atoms with Crippen molar-refractivity contribution in [3.05, 3.63) is 83.4 Å². The van der Waals surface area contributed by atoms with Crippen molar-refractivity contribution >= 4 is 34.0 Å². The molecule has 4 nitrogen and oxygen atoms in total. The van der Waals surface area contributed by atoms with Crippen LogP contribution in [0.2, 0.25) is 5.02 Å². The minimum Gasteiger partial charge on any atom is -0.384 e. The predicted octanol–water partition coefficient (Wildman–Crippen LogP) is 5.84. The van der Waals surface area contributed by atoms with Crippen molar-refractivity contribution in [3.63, 3.8) is 0 Å². The molecule has 140 valence electrons. The maximum Gasteiger partial charge on any atom is 0.128 e. The zero-order valence-electron chi connectivity index (χ0n) is 15.2. The molecule has 28 heavy (non-hydrogen) atoms. The van der Waals surface area contributed by atoms with Crippen molar-refractivity contribution < 1.29 is 4.39 Å². The number of nitrogen functional groups attached to an aromatic ring is 1. The maximum absolute atomic E-state index is 14.6.